The van der Waals surface area contributed by atoms with Crippen LogP contribution in [0.3, 0.4) is 0 Å². The maximum atomic E-state index is 3.48. The van der Waals surface area contributed by atoms with E-state index >= 15 is 0 Å². The fourth-order valence-electron chi connectivity index (χ4n) is 2.76. The van der Waals surface area contributed by atoms with Gasteiger partial charge in [0, 0.05) is 28.9 Å². The van der Waals surface area contributed by atoms with Gasteiger partial charge in [0.25, 0.3) is 0 Å². The summed E-state index contributed by atoms with van der Waals surface area (Å²) in [6.45, 7) is 9.20. The van der Waals surface area contributed by atoms with Crippen LogP contribution in [-0.2, 0) is 13.1 Å². The van der Waals surface area contributed by atoms with E-state index in [-0.39, 0.29) is 0 Å². The molecule has 1 atom stereocenters. The summed E-state index contributed by atoms with van der Waals surface area (Å²) in [5.74, 6) is 0. The number of rotatable bonds is 6. The van der Waals surface area contributed by atoms with E-state index in [4.69, 9.17) is 0 Å². The van der Waals surface area contributed by atoms with Gasteiger partial charge in [-0.05, 0) is 51.4 Å². The molecule has 2 rings (SSSR count). The Labute approximate surface area is 122 Å². The average molecular weight is 280 g/mol. The lowest BCUT2D eigenvalue weighted by atomic mass is 10.1. The first-order valence-corrected chi connectivity index (χ1v) is 8.63. The predicted octanol–water partition coefficient (Wildman–Crippen LogP) is 4.01. The second kappa shape index (κ2) is 8.03. The summed E-state index contributed by atoms with van der Waals surface area (Å²) < 4.78 is 0. The number of nitrogens with zero attached hydrogens (tertiary/aromatic N) is 1. The molecule has 0 aromatic carbocycles. The SMILES string of the molecule is CCCNCc1ccc(CN2CCCCCC2C)s1. The van der Waals surface area contributed by atoms with Gasteiger partial charge >= 0.3 is 0 Å². The van der Waals surface area contributed by atoms with Crippen LogP contribution in [0.15, 0.2) is 12.1 Å². The molecule has 1 aliphatic heterocycles. The molecule has 0 aliphatic carbocycles. The monoisotopic (exact) mass is 280 g/mol. The topological polar surface area (TPSA) is 15.3 Å². The zero-order valence-electron chi connectivity index (χ0n) is 12.5. The molecule has 0 radical (unpaired) electrons. The Bertz CT molecular complexity index is 361. The molecule has 1 aliphatic rings. The van der Waals surface area contributed by atoms with E-state index in [2.05, 4.69) is 36.2 Å². The second-order valence-corrected chi connectivity index (χ2v) is 6.97. The molecule has 2 heterocycles. The van der Waals surface area contributed by atoms with Gasteiger partial charge in [-0.15, -0.1) is 11.3 Å². The molecule has 0 amide bonds. The highest BCUT2D eigenvalue weighted by molar-refractivity contribution is 7.11. The van der Waals surface area contributed by atoms with E-state index in [1.807, 2.05) is 11.3 Å². The van der Waals surface area contributed by atoms with Crippen LogP contribution in [-0.4, -0.2) is 24.0 Å². The Balaban J connectivity index is 1.84. The van der Waals surface area contributed by atoms with Gasteiger partial charge in [0.2, 0.25) is 0 Å². The van der Waals surface area contributed by atoms with E-state index in [1.165, 1.54) is 48.4 Å². The van der Waals surface area contributed by atoms with Crippen molar-refractivity contribution in [2.75, 3.05) is 13.1 Å². The molecule has 1 saturated heterocycles. The molecule has 0 saturated carbocycles. The van der Waals surface area contributed by atoms with Crippen molar-refractivity contribution >= 4 is 11.3 Å². The van der Waals surface area contributed by atoms with Gasteiger partial charge in [-0.1, -0.05) is 19.8 Å². The maximum Gasteiger partial charge on any atom is 0.0330 e. The highest BCUT2D eigenvalue weighted by Gasteiger charge is 2.17. The molecule has 2 nitrogen and oxygen atoms in total. The Morgan fingerprint density at radius 1 is 1.26 bits per heavy atom. The van der Waals surface area contributed by atoms with Gasteiger partial charge in [-0.25, -0.2) is 0 Å². The predicted molar refractivity (Wildman–Crippen MR) is 84.7 cm³/mol. The molecule has 1 fully saturated rings. The van der Waals surface area contributed by atoms with Gasteiger partial charge in [0.15, 0.2) is 0 Å². The highest BCUT2D eigenvalue weighted by Crippen LogP contribution is 2.23. The van der Waals surface area contributed by atoms with E-state index in [9.17, 15) is 0 Å². The summed E-state index contributed by atoms with van der Waals surface area (Å²) in [7, 11) is 0. The lowest BCUT2D eigenvalue weighted by Gasteiger charge is -2.26. The first-order chi connectivity index (χ1) is 9.29. The molecule has 0 bridgehead atoms. The quantitative estimate of drug-likeness (QED) is 0.792. The Morgan fingerprint density at radius 3 is 2.95 bits per heavy atom. The van der Waals surface area contributed by atoms with Crippen molar-refractivity contribution in [2.45, 2.75) is 65.1 Å². The fourth-order valence-corrected chi connectivity index (χ4v) is 3.77. The van der Waals surface area contributed by atoms with Crippen molar-refractivity contribution in [2.24, 2.45) is 0 Å². The van der Waals surface area contributed by atoms with E-state index in [0.29, 0.717) is 0 Å². The lowest BCUT2D eigenvalue weighted by Crippen LogP contribution is -2.31. The third-order valence-corrected chi connectivity index (χ3v) is 5.06. The van der Waals surface area contributed by atoms with Crippen LogP contribution in [0.25, 0.3) is 0 Å². The van der Waals surface area contributed by atoms with Gasteiger partial charge < -0.3 is 5.32 Å². The normalized spacial score (nSPS) is 21.5. The Hall–Kier alpha value is -0.380. The third kappa shape index (κ3) is 4.90. The summed E-state index contributed by atoms with van der Waals surface area (Å²) in [6, 6.07) is 5.38. The largest absolute Gasteiger partial charge is 0.312 e. The highest BCUT2D eigenvalue weighted by atomic mass is 32.1. The van der Waals surface area contributed by atoms with E-state index in [1.54, 1.807) is 0 Å². The van der Waals surface area contributed by atoms with Crippen LogP contribution in [0.4, 0.5) is 0 Å². The standard InChI is InChI=1S/C16H28N2S/c1-3-10-17-12-15-8-9-16(19-15)13-18-11-6-4-5-7-14(18)2/h8-9,14,17H,3-7,10-13H2,1-2H3. The van der Waals surface area contributed by atoms with Crippen LogP contribution in [0.1, 0.15) is 55.7 Å². The van der Waals surface area contributed by atoms with Crippen LogP contribution in [0.2, 0.25) is 0 Å². The average Bonchev–Trinajstić information content (AvgIpc) is 2.75. The molecular weight excluding hydrogens is 252 g/mol. The zero-order valence-corrected chi connectivity index (χ0v) is 13.3. The molecule has 1 unspecified atom stereocenters. The fraction of sp³-hybridized carbons (Fsp3) is 0.750. The third-order valence-electron chi connectivity index (χ3n) is 3.99. The molecule has 1 aromatic heterocycles. The molecule has 1 N–H and O–H groups in total. The van der Waals surface area contributed by atoms with Crippen LogP contribution in [0, 0.1) is 0 Å². The van der Waals surface area contributed by atoms with Crippen LogP contribution in [0.5, 0.6) is 0 Å². The van der Waals surface area contributed by atoms with Gasteiger partial charge in [-0.2, -0.15) is 0 Å². The van der Waals surface area contributed by atoms with E-state index in [0.717, 1.165) is 25.7 Å². The molecule has 1 aromatic rings. The molecule has 19 heavy (non-hydrogen) atoms. The summed E-state index contributed by atoms with van der Waals surface area (Å²) >= 11 is 1.98. The van der Waals surface area contributed by atoms with Crippen LogP contribution < -0.4 is 5.32 Å². The number of likely N-dealkylation sites (tertiary alicyclic amines) is 1. The van der Waals surface area contributed by atoms with Crippen molar-refractivity contribution in [3.05, 3.63) is 21.9 Å². The second-order valence-electron chi connectivity index (χ2n) is 5.71. The Kier molecular flexibility index (Phi) is 6.35. The first kappa shape index (κ1) is 15.0. The number of thiophene rings is 1. The number of hydrogen-bond donors (Lipinski definition) is 1. The Morgan fingerprint density at radius 2 is 2.11 bits per heavy atom. The number of hydrogen-bond acceptors (Lipinski definition) is 3. The minimum atomic E-state index is 0.756. The van der Waals surface area contributed by atoms with Gasteiger partial charge in [0.1, 0.15) is 0 Å². The summed E-state index contributed by atoms with van der Waals surface area (Å²) in [5.41, 5.74) is 0. The number of nitrogens with one attached hydrogen (secondary N) is 1. The van der Waals surface area contributed by atoms with Gasteiger partial charge in [-0.3, -0.25) is 4.90 Å². The molecular formula is C16H28N2S. The minimum Gasteiger partial charge on any atom is -0.312 e. The summed E-state index contributed by atoms with van der Waals surface area (Å²) in [5, 5.41) is 3.48. The summed E-state index contributed by atoms with van der Waals surface area (Å²) in [4.78, 5) is 5.68. The van der Waals surface area contributed by atoms with Crippen molar-refractivity contribution < 1.29 is 0 Å². The van der Waals surface area contributed by atoms with Crippen LogP contribution >= 0.6 is 11.3 Å². The molecule has 3 heteroatoms. The van der Waals surface area contributed by atoms with Crippen molar-refractivity contribution in [3.63, 3.8) is 0 Å². The van der Waals surface area contributed by atoms with Gasteiger partial charge in [0.05, 0.1) is 0 Å². The van der Waals surface area contributed by atoms with Crippen molar-refractivity contribution in [1.82, 2.24) is 10.2 Å². The van der Waals surface area contributed by atoms with Crippen molar-refractivity contribution in [3.8, 4) is 0 Å². The molecule has 0 spiro atoms. The summed E-state index contributed by atoms with van der Waals surface area (Å²) in [6.07, 6.45) is 6.78. The van der Waals surface area contributed by atoms with E-state index < -0.39 is 0 Å². The van der Waals surface area contributed by atoms with Crippen molar-refractivity contribution in [1.29, 1.82) is 0 Å². The smallest absolute Gasteiger partial charge is 0.0330 e. The lowest BCUT2D eigenvalue weighted by molar-refractivity contribution is 0.207. The minimum absolute atomic E-state index is 0.756. The maximum absolute atomic E-state index is 3.48. The zero-order chi connectivity index (χ0) is 13.5. The first-order valence-electron chi connectivity index (χ1n) is 7.82. The molecule has 108 valence electrons.